The van der Waals surface area contributed by atoms with Crippen molar-refractivity contribution in [3.8, 4) is 17.1 Å². The third-order valence-electron chi connectivity index (χ3n) is 4.08. The molecule has 3 rings (SSSR count). The van der Waals surface area contributed by atoms with Gasteiger partial charge in [-0.15, -0.1) is 0 Å². The average Bonchev–Trinajstić information content (AvgIpc) is 3.22. The molecule has 0 aliphatic carbocycles. The SMILES string of the molecule is CCOc1ccc(C(=O)NCC(=O)OCc2nc(-c3ccc(C)c(F)c3)no2)cc1. The maximum Gasteiger partial charge on any atom is 0.325 e. The van der Waals surface area contributed by atoms with E-state index in [-0.39, 0.29) is 30.7 Å². The zero-order valence-corrected chi connectivity index (χ0v) is 16.5. The maximum atomic E-state index is 13.7. The summed E-state index contributed by atoms with van der Waals surface area (Å²) in [5.41, 5.74) is 1.34. The van der Waals surface area contributed by atoms with Crippen molar-refractivity contribution in [2.24, 2.45) is 0 Å². The van der Waals surface area contributed by atoms with E-state index in [1.54, 1.807) is 43.3 Å². The lowest BCUT2D eigenvalue weighted by molar-refractivity contribution is -0.144. The van der Waals surface area contributed by atoms with Crippen LogP contribution in [-0.2, 0) is 16.1 Å². The van der Waals surface area contributed by atoms with Crippen LogP contribution in [-0.4, -0.2) is 35.2 Å². The van der Waals surface area contributed by atoms with Gasteiger partial charge in [0.1, 0.15) is 18.1 Å². The van der Waals surface area contributed by atoms with E-state index in [9.17, 15) is 14.0 Å². The average molecular weight is 413 g/mol. The van der Waals surface area contributed by atoms with Crippen LogP contribution < -0.4 is 10.1 Å². The zero-order valence-electron chi connectivity index (χ0n) is 16.5. The van der Waals surface area contributed by atoms with E-state index >= 15 is 0 Å². The summed E-state index contributed by atoms with van der Waals surface area (Å²) < 4.78 is 29.0. The molecular weight excluding hydrogens is 393 g/mol. The van der Waals surface area contributed by atoms with Gasteiger partial charge in [-0.25, -0.2) is 4.39 Å². The minimum absolute atomic E-state index is 0.0529. The van der Waals surface area contributed by atoms with Gasteiger partial charge in [-0.1, -0.05) is 17.3 Å². The topological polar surface area (TPSA) is 104 Å². The molecule has 1 aromatic heterocycles. The molecule has 1 N–H and O–H groups in total. The monoisotopic (exact) mass is 413 g/mol. The Hall–Kier alpha value is -3.75. The van der Waals surface area contributed by atoms with Crippen molar-refractivity contribution >= 4 is 11.9 Å². The highest BCUT2D eigenvalue weighted by Crippen LogP contribution is 2.19. The number of ether oxygens (including phenoxy) is 2. The lowest BCUT2D eigenvalue weighted by Gasteiger charge is -2.06. The first-order valence-corrected chi connectivity index (χ1v) is 9.22. The number of carbonyl (C=O) groups excluding carboxylic acids is 2. The highest BCUT2D eigenvalue weighted by atomic mass is 19.1. The third-order valence-corrected chi connectivity index (χ3v) is 4.08. The van der Waals surface area contributed by atoms with Crippen molar-refractivity contribution in [1.29, 1.82) is 0 Å². The summed E-state index contributed by atoms with van der Waals surface area (Å²) in [6, 6.07) is 11.1. The highest BCUT2D eigenvalue weighted by Gasteiger charge is 2.13. The van der Waals surface area contributed by atoms with E-state index in [4.69, 9.17) is 14.0 Å². The van der Waals surface area contributed by atoms with Gasteiger partial charge in [-0.2, -0.15) is 4.98 Å². The van der Waals surface area contributed by atoms with E-state index in [0.717, 1.165) is 0 Å². The molecule has 156 valence electrons. The van der Waals surface area contributed by atoms with Crippen LogP contribution >= 0.6 is 0 Å². The molecular formula is C21H20FN3O5. The molecule has 0 bridgehead atoms. The molecule has 0 spiro atoms. The fraction of sp³-hybridized carbons (Fsp3) is 0.238. The Labute approximate surface area is 172 Å². The van der Waals surface area contributed by atoms with Crippen LogP contribution in [0.25, 0.3) is 11.4 Å². The van der Waals surface area contributed by atoms with Crippen LogP contribution in [0.3, 0.4) is 0 Å². The first kappa shape index (κ1) is 21.0. The van der Waals surface area contributed by atoms with Gasteiger partial charge in [-0.3, -0.25) is 9.59 Å². The molecule has 0 aliphatic heterocycles. The minimum atomic E-state index is -0.671. The van der Waals surface area contributed by atoms with Gasteiger partial charge in [0.25, 0.3) is 11.8 Å². The number of halogens is 1. The number of amides is 1. The molecule has 0 unspecified atom stereocenters. The number of hydrogen-bond donors (Lipinski definition) is 1. The fourth-order valence-electron chi connectivity index (χ4n) is 2.48. The van der Waals surface area contributed by atoms with Crippen LogP contribution in [0.5, 0.6) is 5.75 Å². The van der Waals surface area contributed by atoms with Crippen molar-refractivity contribution in [2.45, 2.75) is 20.5 Å². The first-order chi connectivity index (χ1) is 14.5. The second kappa shape index (κ2) is 9.64. The van der Waals surface area contributed by atoms with Crippen molar-refractivity contribution in [1.82, 2.24) is 15.5 Å². The van der Waals surface area contributed by atoms with Crippen molar-refractivity contribution in [3.63, 3.8) is 0 Å². The quantitative estimate of drug-likeness (QED) is 0.566. The van der Waals surface area contributed by atoms with E-state index in [0.29, 0.717) is 29.0 Å². The number of benzene rings is 2. The molecule has 30 heavy (non-hydrogen) atoms. The number of carbonyl (C=O) groups is 2. The molecule has 1 heterocycles. The molecule has 2 aromatic carbocycles. The Morgan fingerprint density at radius 1 is 1.17 bits per heavy atom. The number of aryl methyl sites for hydroxylation is 1. The van der Waals surface area contributed by atoms with Crippen molar-refractivity contribution in [2.75, 3.05) is 13.2 Å². The lowest BCUT2D eigenvalue weighted by Crippen LogP contribution is -2.30. The summed E-state index contributed by atoms with van der Waals surface area (Å²) in [7, 11) is 0. The van der Waals surface area contributed by atoms with Crippen LogP contribution in [0.15, 0.2) is 47.0 Å². The molecule has 0 atom stereocenters. The Balaban J connectivity index is 1.47. The largest absolute Gasteiger partial charge is 0.494 e. The van der Waals surface area contributed by atoms with E-state index < -0.39 is 11.9 Å². The van der Waals surface area contributed by atoms with Crippen LogP contribution in [0.2, 0.25) is 0 Å². The van der Waals surface area contributed by atoms with E-state index in [2.05, 4.69) is 15.5 Å². The van der Waals surface area contributed by atoms with Crippen LogP contribution in [0.4, 0.5) is 4.39 Å². The van der Waals surface area contributed by atoms with Gasteiger partial charge in [0, 0.05) is 11.1 Å². The minimum Gasteiger partial charge on any atom is -0.494 e. The van der Waals surface area contributed by atoms with Crippen molar-refractivity contribution in [3.05, 3.63) is 65.3 Å². The molecule has 0 saturated heterocycles. The van der Waals surface area contributed by atoms with Crippen LogP contribution in [0.1, 0.15) is 28.7 Å². The Kier molecular flexibility index (Phi) is 6.74. The molecule has 0 fully saturated rings. The number of esters is 1. The molecule has 0 radical (unpaired) electrons. The number of nitrogens with zero attached hydrogens (tertiary/aromatic N) is 2. The normalized spacial score (nSPS) is 10.5. The number of rotatable bonds is 8. The molecule has 3 aromatic rings. The van der Waals surface area contributed by atoms with Crippen molar-refractivity contribution < 1.29 is 28.0 Å². The zero-order chi connectivity index (χ0) is 21.5. The molecule has 8 nitrogen and oxygen atoms in total. The summed E-state index contributed by atoms with van der Waals surface area (Å²) in [5.74, 6) is -0.581. The van der Waals surface area contributed by atoms with Gasteiger partial charge < -0.3 is 19.3 Å². The molecule has 9 heteroatoms. The van der Waals surface area contributed by atoms with E-state index in [1.807, 2.05) is 6.92 Å². The smallest absolute Gasteiger partial charge is 0.325 e. The summed E-state index contributed by atoms with van der Waals surface area (Å²) >= 11 is 0. The predicted molar refractivity (Wildman–Crippen MR) is 104 cm³/mol. The summed E-state index contributed by atoms with van der Waals surface area (Å²) in [4.78, 5) is 28.0. The van der Waals surface area contributed by atoms with Crippen LogP contribution in [0, 0.1) is 12.7 Å². The molecule has 1 amide bonds. The van der Waals surface area contributed by atoms with E-state index in [1.165, 1.54) is 6.07 Å². The highest BCUT2D eigenvalue weighted by molar-refractivity contribution is 5.96. The Morgan fingerprint density at radius 2 is 1.93 bits per heavy atom. The summed E-state index contributed by atoms with van der Waals surface area (Å²) in [6.07, 6.45) is 0. The number of nitrogens with one attached hydrogen (secondary N) is 1. The number of aromatic nitrogens is 2. The van der Waals surface area contributed by atoms with Gasteiger partial charge in [0.15, 0.2) is 6.61 Å². The first-order valence-electron chi connectivity index (χ1n) is 9.22. The second-order valence-corrected chi connectivity index (χ2v) is 6.28. The Morgan fingerprint density at radius 3 is 2.63 bits per heavy atom. The predicted octanol–water partition coefficient (Wildman–Crippen LogP) is 3.06. The summed E-state index contributed by atoms with van der Waals surface area (Å²) in [5, 5.41) is 6.21. The Bertz CT molecular complexity index is 1030. The molecule has 0 aliphatic rings. The second-order valence-electron chi connectivity index (χ2n) is 6.28. The van der Waals surface area contributed by atoms with Gasteiger partial charge >= 0.3 is 5.97 Å². The maximum absolute atomic E-state index is 13.7. The van der Waals surface area contributed by atoms with Gasteiger partial charge in [0.2, 0.25) is 5.82 Å². The van der Waals surface area contributed by atoms with Gasteiger partial charge in [-0.05, 0) is 49.7 Å². The number of hydrogen-bond acceptors (Lipinski definition) is 7. The van der Waals surface area contributed by atoms with Gasteiger partial charge in [0.05, 0.1) is 6.61 Å². The summed E-state index contributed by atoms with van der Waals surface area (Å²) in [6.45, 7) is 3.45. The molecule has 0 saturated carbocycles. The third kappa shape index (κ3) is 5.40. The fourth-order valence-corrected chi connectivity index (χ4v) is 2.48. The standard InChI is InChI=1S/C21H20FN3O5/c1-3-28-16-8-6-14(7-9-16)21(27)23-11-19(26)29-12-18-24-20(25-30-18)15-5-4-13(2)17(22)10-15/h4-10H,3,11-12H2,1-2H3,(H,23,27). The lowest BCUT2D eigenvalue weighted by atomic mass is 10.1.